The molecule has 0 aliphatic heterocycles. The maximum atomic E-state index is 11.5. The van der Waals surface area contributed by atoms with E-state index in [-0.39, 0.29) is 0 Å². The van der Waals surface area contributed by atoms with Crippen LogP contribution in [0.25, 0.3) is 0 Å². The van der Waals surface area contributed by atoms with Crippen LogP contribution in [0.15, 0.2) is 0 Å². The molecule has 4 N–H and O–H groups in total. The summed E-state index contributed by atoms with van der Waals surface area (Å²) in [5, 5.41) is 0. The van der Waals surface area contributed by atoms with Crippen molar-refractivity contribution in [3.8, 4) is 0 Å². The summed E-state index contributed by atoms with van der Waals surface area (Å²) in [5.74, 6) is -0.398. The summed E-state index contributed by atoms with van der Waals surface area (Å²) in [4.78, 5) is 11.5. The summed E-state index contributed by atoms with van der Waals surface area (Å²) in [5.41, 5.74) is 9.59. The molecule has 0 aliphatic carbocycles. The lowest BCUT2D eigenvalue weighted by atomic mass is 9.99. The van der Waals surface area contributed by atoms with E-state index in [4.69, 9.17) is 16.2 Å². The molecule has 0 aromatic carbocycles. The summed E-state index contributed by atoms with van der Waals surface area (Å²) in [7, 11) is 0. The third kappa shape index (κ3) is 4.85. The van der Waals surface area contributed by atoms with Crippen molar-refractivity contribution in [3.05, 3.63) is 0 Å². The van der Waals surface area contributed by atoms with Gasteiger partial charge in [0.15, 0.2) is 0 Å². The smallest absolute Gasteiger partial charge is 0.326 e. The number of carbonyl (C=O) groups is 1. The molecule has 0 heterocycles. The summed E-state index contributed by atoms with van der Waals surface area (Å²) >= 11 is 0. The molecule has 4 heteroatoms. The highest BCUT2D eigenvalue weighted by Crippen LogP contribution is 2.14. The minimum Gasteiger partial charge on any atom is -0.459 e. The number of rotatable bonds is 3. The van der Waals surface area contributed by atoms with Gasteiger partial charge in [0.25, 0.3) is 0 Å². The fourth-order valence-electron chi connectivity index (χ4n) is 0.797. The van der Waals surface area contributed by atoms with E-state index in [1.54, 1.807) is 6.92 Å². The Hall–Kier alpha value is -0.610. The van der Waals surface area contributed by atoms with Crippen LogP contribution in [0.2, 0.25) is 0 Å². The molecule has 0 bridgehead atoms. The van der Waals surface area contributed by atoms with E-state index in [0.717, 1.165) is 0 Å². The van der Waals surface area contributed by atoms with Crippen LogP contribution in [0.3, 0.4) is 0 Å². The van der Waals surface area contributed by atoms with E-state index in [1.165, 1.54) is 0 Å². The Morgan fingerprint density at radius 3 is 2.08 bits per heavy atom. The van der Waals surface area contributed by atoms with Crippen molar-refractivity contribution >= 4 is 5.97 Å². The van der Waals surface area contributed by atoms with Crippen molar-refractivity contribution < 1.29 is 9.53 Å². The molecule has 0 rings (SSSR count). The number of carbonyl (C=O) groups excluding carboxylic acids is 1. The number of esters is 1. The van der Waals surface area contributed by atoms with E-state index in [2.05, 4.69) is 0 Å². The van der Waals surface area contributed by atoms with Crippen LogP contribution in [-0.4, -0.2) is 23.7 Å². The van der Waals surface area contributed by atoms with E-state index in [1.807, 2.05) is 20.8 Å². The summed E-state index contributed by atoms with van der Waals surface area (Å²) in [6.45, 7) is 7.44. The zero-order valence-corrected chi connectivity index (χ0v) is 8.89. The lowest BCUT2D eigenvalue weighted by Gasteiger charge is -2.27. The number of nitrogens with two attached hydrogens (primary N) is 2. The van der Waals surface area contributed by atoms with Crippen molar-refractivity contribution in [2.45, 2.75) is 45.3 Å². The summed E-state index contributed by atoms with van der Waals surface area (Å²) < 4.78 is 5.14. The van der Waals surface area contributed by atoms with Gasteiger partial charge >= 0.3 is 5.97 Å². The van der Waals surface area contributed by atoms with Gasteiger partial charge in [-0.15, -0.1) is 0 Å². The summed E-state index contributed by atoms with van der Waals surface area (Å²) in [6.07, 6.45) is 0.432. The molecule has 0 aromatic rings. The summed E-state index contributed by atoms with van der Waals surface area (Å²) in [6, 6.07) is 0. The minimum absolute atomic E-state index is 0.381. The topological polar surface area (TPSA) is 78.3 Å². The van der Waals surface area contributed by atoms with E-state index < -0.39 is 17.1 Å². The molecule has 4 nitrogen and oxygen atoms in total. The standard InChI is InChI=1S/C9H20N2O2/c1-8(2,3)13-7(12)9(4,11)5-6-10/h5-6,10-11H2,1-4H3/t9-/m0/s1. The molecule has 0 radical (unpaired) electrons. The first kappa shape index (κ1) is 12.4. The van der Waals surface area contributed by atoms with Crippen molar-refractivity contribution in [1.82, 2.24) is 0 Å². The van der Waals surface area contributed by atoms with Gasteiger partial charge in [-0.1, -0.05) is 0 Å². The number of hydrogen-bond donors (Lipinski definition) is 2. The Labute approximate surface area is 79.6 Å². The molecule has 0 fully saturated rings. The Balaban J connectivity index is 4.25. The second kappa shape index (κ2) is 4.07. The highest BCUT2D eigenvalue weighted by molar-refractivity contribution is 5.80. The predicted octanol–water partition coefficient (Wildman–Crippen LogP) is 0.394. The molecule has 0 unspecified atom stereocenters. The van der Waals surface area contributed by atoms with E-state index >= 15 is 0 Å². The van der Waals surface area contributed by atoms with E-state index in [0.29, 0.717) is 13.0 Å². The zero-order valence-electron chi connectivity index (χ0n) is 8.89. The van der Waals surface area contributed by atoms with Gasteiger partial charge in [-0.2, -0.15) is 0 Å². The number of hydrogen-bond acceptors (Lipinski definition) is 4. The molecule has 0 spiro atoms. The van der Waals surface area contributed by atoms with Gasteiger partial charge in [-0.3, -0.25) is 4.79 Å². The van der Waals surface area contributed by atoms with Crippen molar-refractivity contribution in [3.63, 3.8) is 0 Å². The maximum absolute atomic E-state index is 11.5. The fourth-order valence-corrected chi connectivity index (χ4v) is 0.797. The molecule has 13 heavy (non-hydrogen) atoms. The Bertz CT molecular complexity index is 183. The molecule has 78 valence electrons. The van der Waals surface area contributed by atoms with Gasteiger partial charge in [-0.25, -0.2) is 0 Å². The second-order valence-electron chi connectivity index (χ2n) is 4.46. The van der Waals surface area contributed by atoms with E-state index in [9.17, 15) is 4.79 Å². The molecule has 0 aliphatic rings. The monoisotopic (exact) mass is 188 g/mol. The van der Waals surface area contributed by atoms with Gasteiger partial charge in [0.2, 0.25) is 0 Å². The van der Waals surface area contributed by atoms with Crippen molar-refractivity contribution in [2.24, 2.45) is 11.5 Å². The van der Waals surface area contributed by atoms with Crippen LogP contribution < -0.4 is 11.5 Å². The first-order valence-corrected chi connectivity index (χ1v) is 4.41. The zero-order chi connectivity index (χ0) is 10.7. The van der Waals surface area contributed by atoms with Gasteiger partial charge in [0, 0.05) is 0 Å². The molecule has 0 amide bonds. The molecule has 1 atom stereocenters. The van der Waals surface area contributed by atoms with Gasteiger partial charge in [0.1, 0.15) is 11.1 Å². The first-order chi connectivity index (χ1) is 5.69. The Morgan fingerprint density at radius 1 is 1.31 bits per heavy atom. The lowest BCUT2D eigenvalue weighted by Crippen LogP contribution is -2.49. The van der Waals surface area contributed by atoms with Crippen LogP contribution >= 0.6 is 0 Å². The SMILES string of the molecule is CC(C)(C)OC(=O)[C@@](C)(N)CCN. The molecule has 0 aromatic heterocycles. The van der Waals surface area contributed by atoms with Gasteiger partial charge in [0.05, 0.1) is 0 Å². The third-order valence-corrected chi connectivity index (χ3v) is 1.53. The molecule has 0 saturated heterocycles. The number of ether oxygens (including phenoxy) is 1. The van der Waals surface area contributed by atoms with Crippen LogP contribution in [0.1, 0.15) is 34.1 Å². The lowest BCUT2D eigenvalue weighted by molar-refractivity contribution is -0.161. The van der Waals surface area contributed by atoms with Crippen LogP contribution in [0.4, 0.5) is 0 Å². The molecule has 0 saturated carbocycles. The molecular weight excluding hydrogens is 168 g/mol. The van der Waals surface area contributed by atoms with Gasteiger partial charge in [-0.05, 0) is 40.7 Å². The first-order valence-electron chi connectivity index (χ1n) is 4.41. The van der Waals surface area contributed by atoms with Gasteiger partial charge < -0.3 is 16.2 Å². The fraction of sp³-hybridized carbons (Fsp3) is 0.889. The average Bonchev–Trinajstić information content (AvgIpc) is 1.82. The Morgan fingerprint density at radius 2 is 1.77 bits per heavy atom. The van der Waals surface area contributed by atoms with Crippen LogP contribution in [0.5, 0.6) is 0 Å². The quantitative estimate of drug-likeness (QED) is 0.628. The minimum atomic E-state index is -0.970. The van der Waals surface area contributed by atoms with Crippen molar-refractivity contribution in [2.75, 3.05) is 6.54 Å². The predicted molar refractivity (Wildman–Crippen MR) is 52.1 cm³/mol. The highest BCUT2D eigenvalue weighted by atomic mass is 16.6. The normalized spacial score (nSPS) is 16.5. The average molecular weight is 188 g/mol. The van der Waals surface area contributed by atoms with Crippen LogP contribution in [0, 0.1) is 0 Å². The largest absolute Gasteiger partial charge is 0.459 e. The third-order valence-electron chi connectivity index (χ3n) is 1.53. The molecular formula is C9H20N2O2. The maximum Gasteiger partial charge on any atom is 0.326 e. The Kier molecular flexibility index (Phi) is 3.88. The highest BCUT2D eigenvalue weighted by Gasteiger charge is 2.32. The second-order valence-corrected chi connectivity index (χ2v) is 4.46. The van der Waals surface area contributed by atoms with Crippen LogP contribution in [-0.2, 0) is 9.53 Å². The van der Waals surface area contributed by atoms with Crippen molar-refractivity contribution in [1.29, 1.82) is 0 Å².